The summed E-state index contributed by atoms with van der Waals surface area (Å²) in [5.74, 6) is 0. The van der Waals surface area contributed by atoms with Crippen molar-refractivity contribution in [2.24, 2.45) is 0 Å². The first-order valence-corrected chi connectivity index (χ1v) is 7.03. The molecule has 0 aliphatic rings. The number of aryl methyl sites for hydroxylation is 3. The molecule has 1 atom stereocenters. The van der Waals surface area contributed by atoms with Gasteiger partial charge in [0.1, 0.15) is 5.01 Å². The van der Waals surface area contributed by atoms with Gasteiger partial charge in [-0.25, -0.2) is 4.98 Å². The Kier molecular flexibility index (Phi) is 3.83. The molecule has 1 aromatic carbocycles. The predicted octanol–water partition coefficient (Wildman–Crippen LogP) is 3.69. The summed E-state index contributed by atoms with van der Waals surface area (Å²) in [6.45, 7) is 8.55. The zero-order valence-corrected chi connectivity index (χ0v) is 12.5. The van der Waals surface area contributed by atoms with E-state index in [1.54, 1.807) is 11.3 Å². The van der Waals surface area contributed by atoms with Crippen LogP contribution in [-0.2, 0) is 0 Å². The molecule has 1 unspecified atom stereocenters. The molecule has 18 heavy (non-hydrogen) atoms. The van der Waals surface area contributed by atoms with Gasteiger partial charge in [-0.05, 0) is 51.4 Å². The molecule has 1 N–H and O–H groups in total. The van der Waals surface area contributed by atoms with Gasteiger partial charge in [0.2, 0.25) is 0 Å². The lowest BCUT2D eigenvalue weighted by molar-refractivity contribution is 0.680. The second-order valence-electron chi connectivity index (χ2n) is 4.70. The average molecular weight is 260 g/mol. The molecular weight excluding hydrogens is 240 g/mol. The van der Waals surface area contributed by atoms with E-state index in [2.05, 4.69) is 56.2 Å². The summed E-state index contributed by atoms with van der Waals surface area (Å²) in [6, 6.07) is 6.66. The maximum absolute atomic E-state index is 4.68. The van der Waals surface area contributed by atoms with Crippen LogP contribution in [0.2, 0.25) is 0 Å². The second kappa shape index (κ2) is 5.21. The van der Waals surface area contributed by atoms with Crippen LogP contribution in [0.5, 0.6) is 0 Å². The smallest absolute Gasteiger partial charge is 0.115 e. The zero-order valence-electron chi connectivity index (χ0n) is 11.7. The lowest BCUT2D eigenvalue weighted by Gasteiger charge is -2.17. The van der Waals surface area contributed by atoms with Gasteiger partial charge in [0.15, 0.2) is 0 Å². The fourth-order valence-corrected chi connectivity index (χ4v) is 3.17. The number of hydrogen-bond acceptors (Lipinski definition) is 3. The summed E-state index contributed by atoms with van der Waals surface area (Å²) >= 11 is 1.78. The molecule has 0 aliphatic carbocycles. The van der Waals surface area contributed by atoms with Gasteiger partial charge in [0, 0.05) is 4.88 Å². The lowest BCUT2D eigenvalue weighted by atomic mass is 9.98. The molecule has 96 valence electrons. The Morgan fingerprint density at radius 1 is 1.17 bits per heavy atom. The van der Waals surface area contributed by atoms with Gasteiger partial charge in [0.25, 0.3) is 0 Å². The first kappa shape index (κ1) is 13.2. The van der Waals surface area contributed by atoms with Crippen LogP contribution in [0.1, 0.15) is 38.3 Å². The van der Waals surface area contributed by atoms with Crippen LogP contribution in [0, 0.1) is 27.7 Å². The summed E-state index contributed by atoms with van der Waals surface area (Å²) < 4.78 is 0. The Hall–Kier alpha value is -1.19. The summed E-state index contributed by atoms with van der Waals surface area (Å²) in [6.07, 6.45) is 0. The van der Waals surface area contributed by atoms with Crippen LogP contribution in [0.15, 0.2) is 18.2 Å². The molecule has 0 saturated heterocycles. The topological polar surface area (TPSA) is 24.9 Å². The van der Waals surface area contributed by atoms with Gasteiger partial charge in [-0.3, -0.25) is 0 Å². The molecule has 0 aliphatic heterocycles. The van der Waals surface area contributed by atoms with Gasteiger partial charge in [-0.15, -0.1) is 11.3 Å². The molecular formula is C15H20N2S. The van der Waals surface area contributed by atoms with E-state index in [9.17, 15) is 0 Å². The van der Waals surface area contributed by atoms with E-state index < -0.39 is 0 Å². The first-order valence-electron chi connectivity index (χ1n) is 6.22. The largest absolute Gasteiger partial charge is 0.307 e. The number of rotatable bonds is 3. The predicted molar refractivity (Wildman–Crippen MR) is 78.4 cm³/mol. The Morgan fingerprint density at radius 3 is 2.44 bits per heavy atom. The summed E-state index contributed by atoms with van der Waals surface area (Å²) in [7, 11) is 2.00. The Bertz CT molecular complexity index is 538. The fourth-order valence-electron chi connectivity index (χ4n) is 2.12. The van der Waals surface area contributed by atoms with E-state index in [-0.39, 0.29) is 6.04 Å². The maximum Gasteiger partial charge on any atom is 0.115 e. The minimum atomic E-state index is 0.197. The molecule has 1 heterocycles. The van der Waals surface area contributed by atoms with E-state index in [0.29, 0.717) is 0 Å². The number of benzene rings is 1. The number of nitrogens with zero attached hydrogens (tertiary/aromatic N) is 1. The van der Waals surface area contributed by atoms with Crippen molar-refractivity contribution >= 4 is 11.3 Å². The van der Waals surface area contributed by atoms with Crippen molar-refractivity contribution in [1.29, 1.82) is 0 Å². The monoisotopic (exact) mass is 260 g/mol. The Labute approximate surface area is 113 Å². The molecule has 0 radical (unpaired) electrons. The molecule has 2 aromatic rings. The van der Waals surface area contributed by atoms with Gasteiger partial charge < -0.3 is 5.32 Å². The number of nitrogens with one attached hydrogen (secondary N) is 1. The fraction of sp³-hybridized carbons (Fsp3) is 0.400. The standard InChI is InChI=1S/C15H20N2S/c1-9-7-6-8-13(10(9)2)14(16-5)15-17-11(3)12(4)18-15/h6-8,14,16H,1-5H3. The maximum atomic E-state index is 4.68. The summed E-state index contributed by atoms with van der Waals surface area (Å²) in [5, 5.41) is 4.55. The van der Waals surface area contributed by atoms with Crippen LogP contribution in [-0.4, -0.2) is 12.0 Å². The molecule has 0 amide bonds. The van der Waals surface area contributed by atoms with Crippen LogP contribution >= 0.6 is 11.3 Å². The van der Waals surface area contributed by atoms with E-state index in [1.807, 2.05) is 7.05 Å². The molecule has 3 heteroatoms. The lowest BCUT2D eigenvalue weighted by Crippen LogP contribution is -2.18. The normalized spacial score (nSPS) is 12.7. The van der Waals surface area contributed by atoms with Crippen LogP contribution in [0.25, 0.3) is 0 Å². The third-order valence-corrected chi connectivity index (χ3v) is 4.68. The van der Waals surface area contributed by atoms with E-state index in [1.165, 1.54) is 21.6 Å². The quantitative estimate of drug-likeness (QED) is 0.910. The first-order chi connectivity index (χ1) is 8.54. The van der Waals surface area contributed by atoms with Crippen LogP contribution in [0.4, 0.5) is 0 Å². The molecule has 1 aromatic heterocycles. The highest BCUT2D eigenvalue weighted by atomic mass is 32.1. The van der Waals surface area contributed by atoms with Crippen molar-refractivity contribution in [3.05, 3.63) is 50.5 Å². The van der Waals surface area contributed by atoms with E-state index in [0.717, 1.165) is 10.7 Å². The summed E-state index contributed by atoms with van der Waals surface area (Å²) in [4.78, 5) is 5.99. The zero-order chi connectivity index (χ0) is 13.3. The molecule has 0 spiro atoms. The highest BCUT2D eigenvalue weighted by Crippen LogP contribution is 2.30. The van der Waals surface area contributed by atoms with Crippen LogP contribution in [0.3, 0.4) is 0 Å². The Morgan fingerprint density at radius 2 is 1.89 bits per heavy atom. The van der Waals surface area contributed by atoms with E-state index in [4.69, 9.17) is 0 Å². The van der Waals surface area contributed by atoms with Gasteiger partial charge >= 0.3 is 0 Å². The van der Waals surface area contributed by atoms with Gasteiger partial charge in [-0.1, -0.05) is 18.2 Å². The van der Waals surface area contributed by atoms with Gasteiger partial charge in [-0.2, -0.15) is 0 Å². The third-order valence-electron chi connectivity index (χ3n) is 3.54. The second-order valence-corrected chi connectivity index (χ2v) is 5.94. The van der Waals surface area contributed by atoms with Crippen molar-refractivity contribution in [1.82, 2.24) is 10.3 Å². The highest BCUT2D eigenvalue weighted by molar-refractivity contribution is 7.11. The molecule has 0 saturated carbocycles. The highest BCUT2D eigenvalue weighted by Gasteiger charge is 2.19. The number of aromatic nitrogens is 1. The number of thiazole rings is 1. The number of hydrogen-bond donors (Lipinski definition) is 1. The molecule has 2 nitrogen and oxygen atoms in total. The van der Waals surface area contributed by atoms with E-state index >= 15 is 0 Å². The Balaban J connectivity index is 2.48. The minimum Gasteiger partial charge on any atom is -0.307 e. The summed E-state index contributed by atoms with van der Waals surface area (Å²) in [5.41, 5.74) is 5.15. The molecule has 0 fully saturated rings. The van der Waals surface area contributed by atoms with Crippen molar-refractivity contribution in [2.75, 3.05) is 7.05 Å². The van der Waals surface area contributed by atoms with Gasteiger partial charge in [0.05, 0.1) is 11.7 Å². The van der Waals surface area contributed by atoms with Crippen molar-refractivity contribution < 1.29 is 0 Å². The SMILES string of the molecule is CNC(c1nc(C)c(C)s1)c1cccc(C)c1C. The van der Waals surface area contributed by atoms with Crippen molar-refractivity contribution in [3.8, 4) is 0 Å². The van der Waals surface area contributed by atoms with Crippen LogP contribution < -0.4 is 5.32 Å². The third kappa shape index (κ3) is 2.33. The molecule has 0 bridgehead atoms. The van der Waals surface area contributed by atoms with Crippen molar-refractivity contribution in [3.63, 3.8) is 0 Å². The van der Waals surface area contributed by atoms with Crippen molar-refractivity contribution in [2.45, 2.75) is 33.7 Å². The average Bonchev–Trinajstić information content (AvgIpc) is 2.66. The minimum absolute atomic E-state index is 0.197. The molecule has 2 rings (SSSR count).